The highest BCUT2D eigenvalue weighted by atomic mass is 16.4. The predicted molar refractivity (Wildman–Crippen MR) is 64.1 cm³/mol. The Bertz CT molecular complexity index is 307. The molecule has 3 N–H and O–H groups in total. The van der Waals surface area contributed by atoms with Crippen LogP contribution in [-0.2, 0) is 0 Å². The molecule has 0 aliphatic rings. The van der Waals surface area contributed by atoms with Gasteiger partial charge in [-0.05, 0) is 19.8 Å². The molecule has 0 saturated carbocycles. The number of hydrogen-bond donors (Lipinski definition) is 2. The van der Waals surface area contributed by atoms with E-state index in [4.69, 9.17) is 10.2 Å². The van der Waals surface area contributed by atoms with Crippen LogP contribution >= 0.6 is 0 Å². The number of anilines is 1. The molecule has 92 valence electrons. The van der Waals surface area contributed by atoms with Gasteiger partial charge in [0.25, 0.3) is 0 Å². The second-order valence-corrected chi connectivity index (χ2v) is 4.24. The zero-order valence-electron chi connectivity index (χ0n) is 10.5. The normalized spacial score (nSPS) is 15.1. The number of nitrogens with one attached hydrogen (secondary N) is 1. The van der Waals surface area contributed by atoms with Crippen LogP contribution in [-0.4, -0.2) is 16.2 Å². The van der Waals surface area contributed by atoms with Gasteiger partial charge in [-0.2, -0.15) is 0 Å². The van der Waals surface area contributed by atoms with Crippen molar-refractivity contribution in [2.75, 3.05) is 5.32 Å². The van der Waals surface area contributed by atoms with Crippen molar-refractivity contribution in [3.05, 3.63) is 5.89 Å². The van der Waals surface area contributed by atoms with Crippen LogP contribution in [0.4, 0.5) is 6.01 Å². The van der Waals surface area contributed by atoms with Gasteiger partial charge >= 0.3 is 6.01 Å². The first kappa shape index (κ1) is 13.0. The van der Waals surface area contributed by atoms with Crippen molar-refractivity contribution in [2.24, 2.45) is 11.7 Å². The molecule has 0 fully saturated rings. The standard InChI is InChI=1S/C11H22N4O/c1-5-9(6-2)8(4)13-11-15-14-10(16-11)7(3)12/h7-9H,5-6,12H2,1-4H3,(H,13,15). The summed E-state index contributed by atoms with van der Waals surface area (Å²) in [5, 5.41) is 11.0. The Hall–Kier alpha value is -1.10. The summed E-state index contributed by atoms with van der Waals surface area (Å²) in [5.74, 6) is 1.09. The van der Waals surface area contributed by atoms with Crippen LogP contribution in [0, 0.1) is 5.92 Å². The van der Waals surface area contributed by atoms with Crippen molar-refractivity contribution in [1.29, 1.82) is 0 Å². The summed E-state index contributed by atoms with van der Waals surface area (Å²) in [6.07, 6.45) is 2.28. The van der Waals surface area contributed by atoms with E-state index in [1.165, 1.54) is 0 Å². The lowest BCUT2D eigenvalue weighted by Gasteiger charge is -2.21. The zero-order chi connectivity index (χ0) is 12.1. The number of hydrogen-bond acceptors (Lipinski definition) is 5. The van der Waals surface area contributed by atoms with Crippen molar-refractivity contribution in [1.82, 2.24) is 10.2 Å². The van der Waals surface area contributed by atoms with Crippen molar-refractivity contribution < 1.29 is 4.42 Å². The Labute approximate surface area is 96.8 Å². The molecule has 0 aromatic carbocycles. The third-order valence-corrected chi connectivity index (χ3v) is 2.94. The molecule has 0 saturated heterocycles. The maximum absolute atomic E-state index is 5.65. The summed E-state index contributed by atoms with van der Waals surface area (Å²) in [6, 6.07) is 0.578. The minimum atomic E-state index is -0.216. The quantitative estimate of drug-likeness (QED) is 0.778. The molecule has 1 aromatic heterocycles. The van der Waals surface area contributed by atoms with Gasteiger partial charge in [-0.1, -0.05) is 31.8 Å². The number of rotatable bonds is 6. The average Bonchev–Trinajstić information content (AvgIpc) is 2.68. The number of nitrogens with two attached hydrogens (primary N) is 1. The molecule has 2 unspecified atom stereocenters. The van der Waals surface area contributed by atoms with Crippen molar-refractivity contribution in [3.8, 4) is 0 Å². The second-order valence-electron chi connectivity index (χ2n) is 4.24. The summed E-state index contributed by atoms with van der Waals surface area (Å²) in [6.45, 7) is 8.33. The Morgan fingerprint density at radius 1 is 1.25 bits per heavy atom. The average molecular weight is 226 g/mol. The SMILES string of the molecule is CCC(CC)C(C)Nc1nnc(C(C)N)o1. The number of aromatic nitrogens is 2. The fraction of sp³-hybridized carbons (Fsp3) is 0.818. The smallest absolute Gasteiger partial charge is 0.315 e. The summed E-state index contributed by atoms with van der Waals surface area (Å²) in [5.41, 5.74) is 5.65. The molecule has 1 rings (SSSR count). The molecular weight excluding hydrogens is 204 g/mol. The van der Waals surface area contributed by atoms with Gasteiger partial charge in [0.2, 0.25) is 5.89 Å². The van der Waals surface area contributed by atoms with Gasteiger partial charge in [0.15, 0.2) is 0 Å². The molecule has 0 aliphatic carbocycles. The zero-order valence-corrected chi connectivity index (χ0v) is 10.5. The molecule has 0 amide bonds. The molecule has 16 heavy (non-hydrogen) atoms. The van der Waals surface area contributed by atoms with Gasteiger partial charge in [0, 0.05) is 6.04 Å². The van der Waals surface area contributed by atoms with Crippen LogP contribution in [0.15, 0.2) is 4.42 Å². The topological polar surface area (TPSA) is 77.0 Å². The fourth-order valence-electron chi connectivity index (χ4n) is 1.79. The van der Waals surface area contributed by atoms with Gasteiger partial charge in [-0.15, -0.1) is 5.10 Å². The Morgan fingerprint density at radius 2 is 1.88 bits per heavy atom. The number of nitrogens with zero attached hydrogens (tertiary/aromatic N) is 2. The summed E-state index contributed by atoms with van der Waals surface area (Å²) >= 11 is 0. The Kier molecular flexibility index (Phi) is 4.73. The van der Waals surface area contributed by atoms with Crippen LogP contribution in [0.3, 0.4) is 0 Å². The third-order valence-electron chi connectivity index (χ3n) is 2.94. The molecule has 1 heterocycles. The van der Waals surface area contributed by atoms with E-state index in [0.29, 0.717) is 23.9 Å². The monoisotopic (exact) mass is 226 g/mol. The van der Waals surface area contributed by atoms with Crippen molar-refractivity contribution >= 4 is 6.01 Å². The third kappa shape index (κ3) is 3.20. The summed E-state index contributed by atoms with van der Waals surface area (Å²) in [7, 11) is 0. The first-order valence-corrected chi connectivity index (χ1v) is 5.93. The molecular formula is C11H22N4O. The Balaban J connectivity index is 2.58. The summed E-state index contributed by atoms with van der Waals surface area (Å²) in [4.78, 5) is 0. The minimum absolute atomic E-state index is 0.216. The molecule has 2 atom stereocenters. The molecule has 5 heteroatoms. The highest BCUT2D eigenvalue weighted by molar-refractivity contribution is 5.19. The Morgan fingerprint density at radius 3 is 2.31 bits per heavy atom. The van der Waals surface area contributed by atoms with E-state index in [-0.39, 0.29) is 6.04 Å². The van der Waals surface area contributed by atoms with Crippen LogP contribution in [0.5, 0.6) is 0 Å². The van der Waals surface area contributed by atoms with Crippen LogP contribution in [0.1, 0.15) is 52.5 Å². The van der Waals surface area contributed by atoms with E-state index >= 15 is 0 Å². The lowest BCUT2D eigenvalue weighted by atomic mass is 9.96. The first-order chi connectivity index (χ1) is 7.58. The van der Waals surface area contributed by atoms with Gasteiger partial charge in [-0.3, -0.25) is 0 Å². The first-order valence-electron chi connectivity index (χ1n) is 5.93. The molecule has 0 radical (unpaired) electrons. The van der Waals surface area contributed by atoms with E-state index < -0.39 is 0 Å². The minimum Gasteiger partial charge on any atom is -0.406 e. The maximum atomic E-state index is 5.65. The second kappa shape index (κ2) is 5.84. The molecule has 5 nitrogen and oxygen atoms in total. The largest absolute Gasteiger partial charge is 0.406 e. The maximum Gasteiger partial charge on any atom is 0.315 e. The highest BCUT2D eigenvalue weighted by Gasteiger charge is 2.16. The molecule has 0 spiro atoms. The summed E-state index contributed by atoms with van der Waals surface area (Å²) < 4.78 is 5.40. The van der Waals surface area contributed by atoms with Crippen molar-refractivity contribution in [2.45, 2.75) is 52.6 Å². The highest BCUT2D eigenvalue weighted by Crippen LogP contribution is 2.18. The van der Waals surface area contributed by atoms with E-state index in [1.54, 1.807) is 0 Å². The van der Waals surface area contributed by atoms with E-state index in [0.717, 1.165) is 12.8 Å². The fourth-order valence-corrected chi connectivity index (χ4v) is 1.79. The van der Waals surface area contributed by atoms with E-state index in [9.17, 15) is 0 Å². The lowest BCUT2D eigenvalue weighted by molar-refractivity contribution is 0.417. The van der Waals surface area contributed by atoms with E-state index in [2.05, 4.69) is 36.3 Å². The van der Waals surface area contributed by atoms with Gasteiger partial charge in [0.05, 0.1) is 6.04 Å². The van der Waals surface area contributed by atoms with Gasteiger partial charge < -0.3 is 15.5 Å². The molecule has 1 aromatic rings. The van der Waals surface area contributed by atoms with Crippen LogP contribution in [0.25, 0.3) is 0 Å². The van der Waals surface area contributed by atoms with Gasteiger partial charge in [-0.25, -0.2) is 0 Å². The van der Waals surface area contributed by atoms with Gasteiger partial charge in [0.1, 0.15) is 0 Å². The molecule has 0 bridgehead atoms. The lowest BCUT2D eigenvalue weighted by Crippen LogP contribution is -2.25. The van der Waals surface area contributed by atoms with Crippen LogP contribution in [0.2, 0.25) is 0 Å². The van der Waals surface area contributed by atoms with E-state index in [1.807, 2.05) is 6.92 Å². The predicted octanol–water partition coefficient (Wildman–Crippen LogP) is 2.33. The van der Waals surface area contributed by atoms with Crippen molar-refractivity contribution in [3.63, 3.8) is 0 Å². The molecule has 0 aliphatic heterocycles. The van der Waals surface area contributed by atoms with Crippen LogP contribution < -0.4 is 11.1 Å².